The summed E-state index contributed by atoms with van der Waals surface area (Å²) in [4.78, 5) is 43.1. The van der Waals surface area contributed by atoms with Crippen LogP contribution in [0.15, 0.2) is 12.5 Å². The Kier molecular flexibility index (Phi) is 12.4. The summed E-state index contributed by atoms with van der Waals surface area (Å²) in [6, 6.07) is -2.80. The number of carboxylic acid groups (broad SMARTS) is 1. The van der Waals surface area contributed by atoms with Crippen LogP contribution in [0, 0.1) is 5.92 Å². The molecule has 0 fully saturated rings. The topological polar surface area (TPSA) is 176 Å². The summed E-state index contributed by atoms with van der Waals surface area (Å²) >= 11 is 0. The van der Waals surface area contributed by atoms with Gasteiger partial charge in [-0.15, -0.1) is 0 Å². The monoisotopic (exact) mass is 445 g/mol. The molecule has 8 N–H and O–H groups in total. The molecule has 11 heteroatoms. The smallest absolute Gasteiger partial charge is 0.326 e. The van der Waals surface area contributed by atoms with Crippen LogP contribution in [0.25, 0.3) is 0 Å². The second kappa shape index (κ2) is 13.3. The number of aromatic nitrogens is 2. The van der Waals surface area contributed by atoms with Gasteiger partial charge < -0.3 is 32.2 Å². The SMILES string of the molecule is CC(C)C(N)C(=O)NC(Cc1cnc[nH]1)C(=O)NC(CCCCN)C(=O)O.[Cu]. The van der Waals surface area contributed by atoms with Crippen LogP contribution in [0.4, 0.5) is 0 Å². The first-order valence-electron chi connectivity index (χ1n) is 9.02. The number of imidazole rings is 1. The van der Waals surface area contributed by atoms with Crippen LogP contribution in [-0.4, -0.2) is 57.5 Å². The third-order valence-corrected chi connectivity index (χ3v) is 4.19. The molecule has 1 heterocycles. The second-order valence-corrected chi connectivity index (χ2v) is 6.80. The number of unbranched alkanes of at least 4 members (excludes halogenated alkanes) is 1. The van der Waals surface area contributed by atoms with Crippen molar-refractivity contribution < 1.29 is 36.6 Å². The third kappa shape index (κ3) is 8.83. The minimum absolute atomic E-state index is 0. The first-order valence-corrected chi connectivity index (χ1v) is 9.02. The van der Waals surface area contributed by atoms with Gasteiger partial charge in [0, 0.05) is 35.4 Å². The van der Waals surface area contributed by atoms with E-state index in [1.807, 2.05) is 0 Å². The van der Waals surface area contributed by atoms with Crippen molar-refractivity contribution in [3.63, 3.8) is 0 Å². The van der Waals surface area contributed by atoms with Crippen molar-refractivity contribution in [2.45, 2.75) is 57.7 Å². The Labute approximate surface area is 175 Å². The molecule has 0 saturated heterocycles. The summed E-state index contributed by atoms with van der Waals surface area (Å²) in [5.41, 5.74) is 11.9. The summed E-state index contributed by atoms with van der Waals surface area (Å²) in [6.07, 6.45) is 4.62. The quantitative estimate of drug-likeness (QED) is 0.178. The minimum atomic E-state index is -1.13. The maximum absolute atomic E-state index is 12.7. The van der Waals surface area contributed by atoms with Crippen molar-refractivity contribution in [3.05, 3.63) is 18.2 Å². The first-order chi connectivity index (χ1) is 12.8. The van der Waals surface area contributed by atoms with Crippen LogP contribution in [-0.2, 0) is 37.9 Å². The summed E-state index contributed by atoms with van der Waals surface area (Å²) in [6.45, 7) is 4.05. The number of carboxylic acids is 1. The van der Waals surface area contributed by atoms with Crippen LogP contribution in [0.3, 0.4) is 0 Å². The predicted octanol–water partition coefficient (Wildman–Crippen LogP) is -0.884. The maximum Gasteiger partial charge on any atom is 0.326 e. The number of aromatic amines is 1. The van der Waals surface area contributed by atoms with E-state index in [4.69, 9.17) is 11.5 Å². The van der Waals surface area contributed by atoms with E-state index in [-0.39, 0.29) is 35.8 Å². The van der Waals surface area contributed by atoms with Gasteiger partial charge in [-0.25, -0.2) is 9.78 Å². The molecule has 0 aliphatic carbocycles. The average molecular weight is 446 g/mol. The molecule has 0 aliphatic heterocycles. The van der Waals surface area contributed by atoms with Gasteiger partial charge in [-0.1, -0.05) is 13.8 Å². The van der Waals surface area contributed by atoms with Crippen LogP contribution in [0.2, 0.25) is 0 Å². The zero-order valence-corrected chi connectivity index (χ0v) is 17.0. The van der Waals surface area contributed by atoms with Crippen molar-refractivity contribution in [2.75, 3.05) is 6.54 Å². The Hall–Kier alpha value is -1.94. The van der Waals surface area contributed by atoms with Gasteiger partial charge in [-0.2, -0.15) is 0 Å². The fourth-order valence-electron chi connectivity index (χ4n) is 2.42. The minimum Gasteiger partial charge on any atom is -0.480 e. The molecular weight excluding hydrogens is 416 g/mol. The van der Waals surface area contributed by atoms with Crippen molar-refractivity contribution in [2.24, 2.45) is 17.4 Å². The number of nitrogens with two attached hydrogens (primary N) is 2. The molecule has 28 heavy (non-hydrogen) atoms. The summed E-state index contributed by atoms with van der Waals surface area (Å²) in [7, 11) is 0. The van der Waals surface area contributed by atoms with Crippen LogP contribution < -0.4 is 22.1 Å². The van der Waals surface area contributed by atoms with E-state index in [9.17, 15) is 19.5 Å². The number of hydrogen-bond donors (Lipinski definition) is 6. The Morgan fingerprint density at radius 1 is 1.18 bits per heavy atom. The van der Waals surface area contributed by atoms with E-state index in [1.54, 1.807) is 13.8 Å². The van der Waals surface area contributed by atoms with Crippen LogP contribution in [0.5, 0.6) is 0 Å². The summed E-state index contributed by atoms with van der Waals surface area (Å²) in [5.74, 6) is -2.30. The Balaban J connectivity index is 0.00000729. The molecule has 0 saturated carbocycles. The molecular formula is C17H30CuN6O4. The number of hydrogen-bond acceptors (Lipinski definition) is 6. The van der Waals surface area contributed by atoms with E-state index in [0.29, 0.717) is 25.1 Å². The molecule has 1 aromatic rings. The molecule has 3 atom stereocenters. The molecule has 0 aromatic carbocycles. The predicted molar refractivity (Wildman–Crippen MR) is 99.5 cm³/mol. The van der Waals surface area contributed by atoms with Crippen LogP contribution >= 0.6 is 0 Å². The summed E-state index contributed by atoms with van der Waals surface area (Å²) in [5, 5.41) is 14.4. The van der Waals surface area contributed by atoms with E-state index in [1.165, 1.54) is 12.5 Å². The first kappa shape index (κ1) is 26.1. The number of H-pyrrole nitrogens is 1. The third-order valence-electron chi connectivity index (χ3n) is 4.19. The van der Waals surface area contributed by atoms with Crippen molar-refractivity contribution in [1.29, 1.82) is 0 Å². The van der Waals surface area contributed by atoms with Crippen molar-refractivity contribution in [3.8, 4) is 0 Å². The van der Waals surface area contributed by atoms with E-state index in [0.717, 1.165) is 0 Å². The number of carbonyl (C=O) groups is 3. The standard InChI is InChI=1S/C17H30N6O4.Cu/c1-10(2)14(19)16(25)23-13(7-11-8-20-9-21-11)15(24)22-12(17(26)27)5-3-4-6-18;/h8-10,12-14H,3-7,18-19H2,1-2H3,(H,20,21)(H,22,24)(H,23,25)(H,26,27);. The number of amides is 2. The normalized spacial score (nSPS) is 13.9. The Morgan fingerprint density at radius 2 is 1.82 bits per heavy atom. The average Bonchev–Trinajstić information content (AvgIpc) is 3.12. The van der Waals surface area contributed by atoms with E-state index < -0.39 is 35.9 Å². The molecule has 3 unspecified atom stereocenters. The van der Waals surface area contributed by atoms with Gasteiger partial charge in [-0.05, 0) is 31.7 Å². The number of nitrogens with one attached hydrogen (secondary N) is 3. The molecule has 1 rings (SSSR count). The number of carbonyl (C=O) groups excluding carboxylic acids is 2. The molecule has 0 aliphatic rings. The Bertz CT molecular complexity index is 611. The molecule has 1 aromatic heterocycles. The fraction of sp³-hybridized carbons (Fsp3) is 0.647. The van der Waals surface area contributed by atoms with Gasteiger partial charge >= 0.3 is 5.97 Å². The number of aliphatic carboxylic acids is 1. The molecule has 10 nitrogen and oxygen atoms in total. The van der Waals surface area contributed by atoms with Gasteiger partial charge in [0.05, 0.1) is 12.4 Å². The molecule has 163 valence electrons. The molecule has 0 bridgehead atoms. The molecule has 0 spiro atoms. The second-order valence-electron chi connectivity index (χ2n) is 6.80. The number of nitrogens with zero attached hydrogens (tertiary/aromatic N) is 1. The van der Waals surface area contributed by atoms with E-state index in [2.05, 4.69) is 20.6 Å². The van der Waals surface area contributed by atoms with E-state index >= 15 is 0 Å². The zero-order chi connectivity index (χ0) is 20.4. The maximum atomic E-state index is 12.7. The van der Waals surface area contributed by atoms with Crippen molar-refractivity contribution in [1.82, 2.24) is 20.6 Å². The van der Waals surface area contributed by atoms with Crippen molar-refractivity contribution >= 4 is 17.8 Å². The summed E-state index contributed by atoms with van der Waals surface area (Å²) < 4.78 is 0. The van der Waals surface area contributed by atoms with Gasteiger partial charge in [0.15, 0.2) is 0 Å². The zero-order valence-electron chi connectivity index (χ0n) is 16.1. The van der Waals surface area contributed by atoms with Crippen LogP contribution in [0.1, 0.15) is 38.8 Å². The molecule has 2 amide bonds. The molecule has 1 radical (unpaired) electrons. The van der Waals surface area contributed by atoms with Gasteiger partial charge in [-0.3, -0.25) is 9.59 Å². The van der Waals surface area contributed by atoms with Gasteiger partial charge in [0.25, 0.3) is 0 Å². The largest absolute Gasteiger partial charge is 0.480 e. The fourth-order valence-corrected chi connectivity index (χ4v) is 2.42. The Morgan fingerprint density at radius 3 is 2.32 bits per heavy atom. The van der Waals surface area contributed by atoms with Gasteiger partial charge in [0.1, 0.15) is 12.1 Å². The number of rotatable bonds is 12. The van der Waals surface area contributed by atoms with Gasteiger partial charge in [0.2, 0.25) is 11.8 Å².